The molecule has 0 aliphatic rings. The summed E-state index contributed by atoms with van der Waals surface area (Å²) in [6.45, 7) is 3.32. The molecular weight excluding hydrogens is 497 g/mol. The van der Waals surface area contributed by atoms with E-state index in [0.717, 1.165) is 58.8 Å². The maximum atomic E-state index is 11.5. The molecule has 0 radical (unpaired) electrons. The molecule has 0 spiro atoms. The van der Waals surface area contributed by atoms with Crippen LogP contribution in [0.15, 0.2) is 60.9 Å². The van der Waals surface area contributed by atoms with Crippen LogP contribution in [0, 0.1) is 0 Å². The number of aldehydes is 2. The molecule has 0 amide bonds. The third-order valence-corrected chi connectivity index (χ3v) is 6.61. The lowest BCUT2D eigenvalue weighted by Gasteiger charge is -2.29. The molecule has 4 aromatic rings. The van der Waals surface area contributed by atoms with Crippen molar-refractivity contribution in [1.29, 1.82) is 0 Å². The first-order chi connectivity index (χ1) is 17.5. The number of hydrogen-bond donors (Lipinski definition) is 0. The van der Waals surface area contributed by atoms with Crippen LogP contribution in [0.3, 0.4) is 0 Å². The molecule has 36 heavy (non-hydrogen) atoms. The van der Waals surface area contributed by atoms with Crippen molar-refractivity contribution in [2.45, 2.75) is 0 Å². The molecule has 2 aromatic carbocycles. The summed E-state index contributed by atoms with van der Waals surface area (Å²) in [6, 6.07) is 15.0. The first-order valence-corrected chi connectivity index (χ1v) is 12.4. The number of hydrogen-bond acceptors (Lipinski definition) is 7. The zero-order valence-corrected chi connectivity index (χ0v) is 21.5. The minimum absolute atomic E-state index is 0.276. The summed E-state index contributed by atoms with van der Waals surface area (Å²) in [6.07, 6.45) is 5.29. The van der Waals surface area contributed by atoms with Gasteiger partial charge in [0.05, 0.1) is 24.1 Å². The van der Waals surface area contributed by atoms with E-state index >= 15 is 0 Å². The van der Waals surface area contributed by atoms with Crippen LogP contribution in [0.5, 0.6) is 0 Å². The maximum absolute atomic E-state index is 11.5. The lowest BCUT2D eigenvalue weighted by Crippen LogP contribution is -2.39. The summed E-state index contributed by atoms with van der Waals surface area (Å²) in [5, 5.41) is 3.15. The topological polar surface area (TPSA) is 69.6 Å². The van der Waals surface area contributed by atoms with E-state index in [1.165, 1.54) is 0 Å². The molecule has 0 saturated carbocycles. The van der Waals surface area contributed by atoms with Gasteiger partial charge in [-0.15, -0.1) is 0 Å². The van der Waals surface area contributed by atoms with Gasteiger partial charge in [-0.1, -0.05) is 23.2 Å². The molecule has 2 aromatic heterocycles. The van der Waals surface area contributed by atoms with Crippen molar-refractivity contribution >= 4 is 69.0 Å². The van der Waals surface area contributed by atoms with Gasteiger partial charge in [0.15, 0.2) is 0 Å². The summed E-state index contributed by atoms with van der Waals surface area (Å²) < 4.78 is 0. The van der Waals surface area contributed by atoms with Crippen molar-refractivity contribution in [2.24, 2.45) is 0 Å². The molecule has 4 rings (SSSR count). The van der Waals surface area contributed by atoms with Crippen LogP contribution >= 0.6 is 23.2 Å². The van der Waals surface area contributed by atoms with Crippen molar-refractivity contribution in [3.8, 4) is 0 Å². The summed E-state index contributed by atoms with van der Waals surface area (Å²) in [5.74, 6) is 0. The quantitative estimate of drug-likeness (QED) is 0.248. The van der Waals surface area contributed by atoms with Crippen LogP contribution in [-0.2, 0) is 9.59 Å². The Bertz CT molecular complexity index is 1260. The highest BCUT2D eigenvalue weighted by atomic mass is 35.5. The molecule has 9 heteroatoms. The van der Waals surface area contributed by atoms with Gasteiger partial charge < -0.3 is 24.3 Å². The fourth-order valence-electron chi connectivity index (χ4n) is 4.26. The van der Waals surface area contributed by atoms with Crippen LogP contribution < -0.4 is 9.80 Å². The minimum Gasteiger partial charge on any atom is -0.363 e. The van der Waals surface area contributed by atoms with Crippen molar-refractivity contribution in [3.05, 3.63) is 71.0 Å². The Balaban J connectivity index is 1.44. The Labute approximate surface area is 220 Å². The van der Waals surface area contributed by atoms with Gasteiger partial charge in [0, 0.05) is 70.8 Å². The largest absolute Gasteiger partial charge is 0.363 e. The molecule has 0 saturated heterocycles. The molecule has 0 aliphatic carbocycles. The molecule has 186 valence electrons. The van der Waals surface area contributed by atoms with Gasteiger partial charge in [0.1, 0.15) is 12.6 Å². The highest BCUT2D eigenvalue weighted by Crippen LogP contribution is 2.28. The number of rotatable bonds is 12. The second kappa shape index (κ2) is 12.1. The van der Waals surface area contributed by atoms with Gasteiger partial charge in [-0.05, 0) is 55.6 Å². The first kappa shape index (κ1) is 25.8. The van der Waals surface area contributed by atoms with Crippen molar-refractivity contribution < 1.29 is 9.59 Å². The van der Waals surface area contributed by atoms with Crippen LogP contribution in [0.25, 0.3) is 21.8 Å². The summed E-state index contributed by atoms with van der Waals surface area (Å²) in [4.78, 5) is 38.0. The van der Waals surface area contributed by atoms with E-state index in [0.29, 0.717) is 23.1 Å². The highest BCUT2D eigenvalue weighted by Gasteiger charge is 2.14. The van der Waals surface area contributed by atoms with Crippen LogP contribution in [0.1, 0.15) is 0 Å². The molecule has 0 bridgehead atoms. The molecule has 2 heterocycles. The van der Waals surface area contributed by atoms with E-state index < -0.39 is 0 Å². The minimum atomic E-state index is 0.276. The van der Waals surface area contributed by atoms with Crippen molar-refractivity contribution in [1.82, 2.24) is 14.9 Å². The van der Waals surface area contributed by atoms with E-state index in [1.807, 2.05) is 65.4 Å². The number of nitrogens with zero attached hydrogens (tertiary/aromatic N) is 5. The Morgan fingerprint density at radius 3 is 1.56 bits per heavy atom. The smallest absolute Gasteiger partial charge is 0.139 e. The molecule has 0 atom stereocenters. The van der Waals surface area contributed by atoms with Crippen LogP contribution in [0.4, 0.5) is 11.4 Å². The van der Waals surface area contributed by atoms with Gasteiger partial charge in [0.25, 0.3) is 0 Å². The number of fused-ring (bicyclic) bond motifs is 2. The zero-order valence-electron chi connectivity index (χ0n) is 20.0. The molecule has 0 N–H and O–H groups in total. The second-order valence-corrected chi connectivity index (χ2v) is 9.38. The Hall–Kier alpha value is -3.26. The number of anilines is 2. The van der Waals surface area contributed by atoms with E-state index in [2.05, 4.69) is 14.9 Å². The van der Waals surface area contributed by atoms with Crippen molar-refractivity contribution in [2.75, 3.05) is 56.1 Å². The maximum Gasteiger partial charge on any atom is 0.139 e. The average molecular weight is 524 g/mol. The predicted molar refractivity (Wildman–Crippen MR) is 148 cm³/mol. The number of pyridine rings is 2. The summed E-state index contributed by atoms with van der Waals surface area (Å²) in [5.41, 5.74) is 3.47. The number of carbonyl (C=O) groups excluding carboxylic acids is 2. The zero-order chi connectivity index (χ0) is 25.5. The fraction of sp³-hybridized carbons (Fsp3) is 0.259. The lowest BCUT2D eigenvalue weighted by molar-refractivity contribution is -0.107. The third-order valence-electron chi connectivity index (χ3n) is 6.14. The van der Waals surface area contributed by atoms with Gasteiger partial charge in [-0.25, -0.2) is 0 Å². The van der Waals surface area contributed by atoms with E-state index in [4.69, 9.17) is 23.2 Å². The first-order valence-electron chi connectivity index (χ1n) is 11.6. The summed E-state index contributed by atoms with van der Waals surface area (Å²) >= 11 is 12.3. The Kier molecular flexibility index (Phi) is 8.70. The average Bonchev–Trinajstić information content (AvgIpc) is 2.88. The SMILES string of the molecule is CN(CCN(CC=O)c1ccnc2cc(Cl)ccc12)CCN(CC=O)c1ccnc2cc(Cl)ccc12. The monoisotopic (exact) mass is 523 g/mol. The number of aromatic nitrogens is 2. The fourth-order valence-corrected chi connectivity index (χ4v) is 4.59. The molecule has 7 nitrogen and oxygen atoms in total. The van der Waals surface area contributed by atoms with Gasteiger partial charge in [-0.2, -0.15) is 0 Å². The number of halogens is 2. The van der Waals surface area contributed by atoms with E-state index in [1.54, 1.807) is 12.4 Å². The molecule has 0 unspecified atom stereocenters. The van der Waals surface area contributed by atoms with Gasteiger partial charge >= 0.3 is 0 Å². The van der Waals surface area contributed by atoms with E-state index in [-0.39, 0.29) is 13.1 Å². The lowest BCUT2D eigenvalue weighted by atomic mass is 10.1. The van der Waals surface area contributed by atoms with Crippen LogP contribution in [0.2, 0.25) is 10.0 Å². The molecule has 0 fully saturated rings. The second-order valence-electron chi connectivity index (χ2n) is 8.51. The normalized spacial score (nSPS) is 11.2. The number of carbonyl (C=O) groups is 2. The van der Waals surface area contributed by atoms with Crippen molar-refractivity contribution in [3.63, 3.8) is 0 Å². The van der Waals surface area contributed by atoms with Crippen LogP contribution in [-0.4, -0.2) is 73.8 Å². The van der Waals surface area contributed by atoms with Gasteiger partial charge in [0.2, 0.25) is 0 Å². The Morgan fingerprint density at radius 2 is 1.14 bits per heavy atom. The standard InChI is InChI=1S/C27H27Cl2N5O2/c1-32(10-12-33(14-16-35)26-6-8-30-24-18-20(28)2-4-22(24)26)11-13-34(15-17-36)27-7-9-31-25-19-21(29)3-5-23(25)27/h2-9,16-19H,10-15H2,1H3. The number of likely N-dealkylation sites (N-methyl/N-ethyl adjacent to an activating group) is 1. The third kappa shape index (κ3) is 6.10. The predicted octanol–water partition coefficient (Wildman–Crippen LogP) is 4.73. The summed E-state index contributed by atoms with van der Waals surface area (Å²) in [7, 11) is 2.03. The Morgan fingerprint density at radius 1 is 0.694 bits per heavy atom. The highest BCUT2D eigenvalue weighted by molar-refractivity contribution is 6.31. The molecule has 0 aliphatic heterocycles. The van der Waals surface area contributed by atoms with E-state index in [9.17, 15) is 9.59 Å². The number of benzene rings is 2. The van der Waals surface area contributed by atoms with Gasteiger partial charge in [-0.3, -0.25) is 9.97 Å². The molecular formula is C27H27Cl2N5O2.